The van der Waals surface area contributed by atoms with Crippen molar-refractivity contribution in [3.63, 3.8) is 0 Å². The summed E-state index contributed by atoms with van der Waals surface area (Å²) in [7, 11) is -2.66. The second kappa shape index (κ2) is 15.6. The van der Waals surface area contributed by atoms with Crippen LogP contribution in [0, 0.1) is 0 Å². The van der Waals surface area contributed by atoms with E-state index in [1.165, 1.54) is 119 Å². The van der Waals surface area contributed by atoms with Crippen LogP contribution in [-0.4, -0.2) is 17.2 Å². The van der Waals surface area contributed by atoms with Crippen molar-refractivity contribution in [2.45, 2.75) is 38.0 Å². The van der Waals surface area contributed by atoms with E-state index in [0.717, 1.165) is 5.69 Å². The highest BCUT2D eigenvalue weighted by molar-refractivity contribution is 7.19. The zero-order valence-corrected chi connectivity index (χ0v) is 36.4. The maximum Gasteiger partial charge on any atom is 0.179 e. The summed E-state index contributed by atoms with van der Waals surface area (Å²) in [4.78, 5) is 0. The summed E-state index contributed by atoms with van der Waals surface area (Å²) in [5.74, 6) is 0.591. The lowest BCUT2D eigenvalue weighted by molar-refractivity contribution is 0.445. The Hall–Kier alpha value is -7.20. The molecule has 3 heteroatoms. The molecule has 1 saturated carbocycles. The van der Waals surface area contributed by atoms with Crippen LogP contribution >= 0.6 is 0 Å². The number of benzene rings is 9. The summed E-state index contributed by atoms with van der Waals surface area (Å²) in [6, 6.07) is 84.3. The molecule has 1 aliphatic carbocycles. The van der Waals surface area contributed by atoms with Crippen molar-refractivity contribution in [1.29, 1.82) is 0 Å². The first-order valence-electron chi connectivity index (χ1n) is 22.7. The fraction of sp³-hybridized carbons (Fsp3) is 0.100. The van der Waals surface area contributed by atoms with Gasteiger partial charge in [0.25, 0.3) is 0 Å². The lowest BCUT2D eigenvalue weighted by atomic mass is 9.83. The maximum absolute atomic E-state index is 2.66. The summed E-state index contributed by atoms with van der Waals surface area (Å²) in [5.41, 5.74) is 11.4. The predicted molar refractivity (Wildman–Crippen MR) is 270 cm³/mol. The minimum absolute atomic E-state index is 0.591. The van der Waals surface area contributed by atoms with E-state index in [1.807, 2.05) is 0 Å². The fourth-order valence-electron chi connectivity index (χ4n) is 11.2. The molecule has 0 aliphatic heterocycles. The molecule has 63 heavy (non-hydrogen) atoms. The minimum atomic E-state index is -2.66. The van der Waals surface area contributed by atoms with E-state index in [2.05, 4.69) is 234 Å². The van der Waals surface area contributed by atoms with E-state index in [9.17, 15) is 0 Å². The van der Waals surface area contributed by atoms with E-state index in [1.54, 1.807) is 0 Å². The van der Waals surface area contributed by atoms with E-state index in [0.29, 0.717) is 5.92 Å². The number of rotatable bonds is 8. The van der Waals surface area contributed by atoms with Crippen molar-refractivity contribution < 1.29 is 0 Å². The third kappa shape index (κ3) is 6.13. The first-order valence-corrected chi connectivity index (χ1v) is 24.7. The van der Waals surface area contributed by atoms with Gasteiger partial charge in [0, 0.05) is 32.9 Å². The number of nitrogens with zero attached hydrogens (tertiary/aromatic N) is 2. The van der Waals surface area contributed by atoms with E-state index >= 15 is 0 Å². The van der Waals surface area contributed by atoms with Crippen LogP contribution in [0.3, 0.4) is 0 Å². The van der Waals surface area contributed by atoms with Crippen molar-refractivity contribution in [3.8, 4) is 22.5 Å². The standard InChI is InChI=1S/C60H48N2Si/c1-5-19-44(20-6-1)52-31-18-32-56-54-30-14-16-34-58(54)62(60(52)56)47-39-40-55-53-29-13-15-33-57(53)61(59(55)42-47)46-37-35-43(36-38-46)45-21-17-28-51(41-45)63(48-22-7-2-8-23-48,49-24-9-3-10-25-49)50-26-11-4-12-27-50/h2-4,7-18,21-42,44H,1,5-6,19-20H2. The lowest BCUT2D eigenvalue weighted by Gasteiger charge is -2.34. The fourth-order valence-corrected chi connectivity index (χ4v) is 16.0. The molecule has 2 aromatic heterocycles. The molecule has 0 bridgehead atoms. The number of fused-ring (bicyclic) bond motifs is 6. The van der Waals surface area contributed by atoms with Gasteiger partial charge in [0.15, 0.2) is 8.07 Å². The molecule has 0 radical (unpaired) electrons. The van der Waals surface area contributed by atoms with E-state index < -0.39 is 8.07 Å². The number of hydrogen-bond donors (Lipinski definition) is 0. The maximum atomic E-state index is 2.57. The molecular weight excluding hydrogens is 777 g/mol. The van der Waals surface area contributed by atoms with Crippen LogP contribution in [-0.2, 0) is 0 Å². The van der Waals surface area contributed by atoms with Gasteiger partial charge in [-0.15, -0.1) is 0 Å². The molecule has 0 N–H and O–H groups in total. The first-order chi connectivity index (χ1) is 31.3. The molecule has 0 unspecified atom stereocenters. The molecule has 11 aromatic rings. The van der Waals surface area contributed by atoms with Crippen molar-refractivity contribution in [2.24, 2.45) is 0 Å². The van der Waals surface area contributed by atoms with Crippen LogP contribution in [0.1, 0.15) is 43.6 Å². The molecule has 1 fully saturated rings. The molecule has 0 saturated heterocycles. The Kier molecular flexibility index (Phi) is 9.30. The van der Waals surface area contributed by atoms with Gasteiger partial charge in [-0.25, -0.2) is 0 Å². The Balaban J connectivity index is 1.01. The summed E-state index contributed by atoms with van der Waals surface area (Å²) in [6.07, 6.45) is 6.52. The van der Waals surface area contributed by atoms with Crippen LogP contribution < -0.4 is 20.7 Å². The highest BCUT2D eigenvalue weighted by Gasteiger charge is 2.41. The highest BCUT2D eigenvalue weighted by Crippen LogP contribution is 2.42. The molecule has 2 heterocycles. The third-order valence-corrected chi connectivity index (χ3v) is 18.8. The molecule has 302 valence electrons. The molecule has 2 nitrogen and oxygen atoms in total. The third-order valence-electron chi connectivity index (χ3n) is 14.1. The molecule has 0 amide bonds. The summed E-state index contributed by atoms with van der Waals surface area (Å²) < 4.78 is 5.04. The van der Waals surface area contributed by atoms with Gasteiger partial charge in [-0.05, 0) is 92.6 Å². The van der Waals surface area contributed by atoms with Crippen LogP contribution in [0.4, 0.5) is 0 Å². The molecule has 1 aliphatic rings. The normalized spacial score (nSPS) is 13.7. The smallest absolute Gasteiger partial charge is 0.179 e. The van der Waals surface area contributed by atoms with E-state index in [4.69, 9.17) is 0 Å². The second-order valence-electron chi connectivity index (χ2n) is 17.5. The second-order valence-corrected chi connectivity index (χ2v) is 21.3. The average molecular weight is 825 g/mol. The highest BCUT2D eigenvalue weighted by atomic mass is 28.3. The van der Waals surface area contributed by atoms with Crippen LogP contribution in [0.5, 0.6) is 0 Å². The van der Waals surface area contributed by atoms with Gasteiger partial charge in [0.1, 0.15) is 0 Å². The SMILES string of the molecule is c1ccc([Si](c2ccccc2)(c2ccccc2)c2cccc(-c3ccc(-n4c5ccccc5c5ccc(-n6c7ccccc7c7cccc(C8CCCCC8)c76)cc54)cc3)c2)cc1. The van der Waals surface area contributed by atoms with Gasteiger partial charge in [-0.2, -0.15) is 0 Å². The average Bonchev–Trinajstić information content (AvgIpc) is 3.88. The van der Waals surface area contributed by atoms with Crippen molar-refractivity contribution >= 4 is 72.4 Å². The Morgan fingerprint density at radius 2 is 0.841 bits per heavy atom. The van der Waals surface area contributed by atoms with Gasteiger partial charge >= 0.3 is 0 Å². The molecule has 9 aromatic carbocycles. The first kappa shape index (κ1) is 37.5. The Morgan fingerprint density at radius 1 is 0.333 bits per heavy atom. The quantitative estimate of drug-likeness (QED) is 0.107. The monoisotopic (exact) mass is 824 g/mol. The molecule has 12 rings (SSSR count). The van der Waals surface area contributed by atoms with Gasteiger partial charge < -0.3 is 9.13 Å². The number of hydrogen-bond acceptors (Lipinski definition) is 0. The zero-order valence-electron chi connectivity index (χ0n) is 35.4. The number of aromatic nitrogens is 2. The van der Waals surface area contributed by atoms with Gasteiger partial charge in [-0.1, -0.05) is 207 Å². The Labute approximate surface area is 370 Å². The van der Waals surface area contributed by atoms with Crippen LogP contribution in [0.2, 0.25) is 0 Å². The Bertz CT molecular complexity index is 3320. The van der Waals surface area contributed by atoms with Crippen LogP contribution in [0.15, 0.2) is 224 Å². The molecular formula is C60H48N2Si. The van der Waals surface area contributed by atoms with Gasteiger partial charge in [0.2, 0.25) is 0 Å². The van der Waals surface area contributed by atoms with Gasteiger partial charge in [-0.3, -0.25) is 0 Å². The summed E-state index contributed by atoms with van der Waals surface area (Å²) in [6.45, 7) is 0. The summed E-state index contributed by atoms with van der Waals surface area (Å²) >= 11 is 0. The predicted octanol–water partition coefficient (Wildman–Crippen LogP) is 13.0. The van der Waals surface area contributed by atoms with Gasteiger partial charge in [0.05, 0.1) is 22.1 Å². The lowest BCUT2D eigenvalue weighted by Crippen LogP contribution is -2.74. The molecule has 0 atom stereocenters. The zero-order chi connectivity index (χ0) is 41.7. The molecule has 0 spiro atoms. The van der Waals surface area contributed by atoms with E-state index in [-0.39, 0.29) is 0 Å². The largest absolute Gasteiger partial charge is 0.309 e. The minimum Gasteiger partial charge on any atom is -0.309 e. The number of para-hydroxylation sites is 3. The van der Waals surface area contributed by atoms with Crippen LogP contribution in [0.25, 0.3) is 66.1 Å². The topological polar surface area (TPSA) is 9.86 Å². The van der Waals surface area contributed by atoms with Crippen molar-refractivity contribution in [3.05, 3.63) is 230 Å². The Morgan fingerprint density at radius 3 is 1.49 bits per heavy atom. The van der Waals surface area contributed by atoms with Crippen molar-refractivity contribution in [2.75, 3.05) is 0 Å². The van der Waals surface area contributed by atoms with Crippen molar-refractivity contribution in [1.82, 2.24) is 9.13 Å². The summed E-state index contributed by atoms with van der Waals surface area (Å²) in [5, 5.41) is 10.7.